The molecule has 23 heavy (non-hydrogen) atoms. The zero-order valence-corrected chi connectivity index (χ0v) is 13.4. The van der Waals surface area contributed by atoms with Crippen LogP contribution in [0, 0.1) is 13.8 Å². The van der Waals surface area contributed by atoms with Gasteiger partial charge < -0.3 is 9.84 Å². The van der Waals surface area contributed by atoms with Crippen molar-refractivity contribution in [1.82, 2.24) is 15.4 Å². The van der Waals surface area contributed by atoms with Gasteiger partial charge in [0.25, 0.3) is 5.91 Å². The fourth-order valence-electron chi connectivity index (χ4n) is 3.02. The van der Waals surface area contributed by atoms with Gasteiger partial charge >= 0.3 is 6.03 Å². The maximum atomic E-state index is 13.0. The summed E-state index contributed by atoms with van der Waals surface area (Å²) in [4.78, 5) is 26.7. The number of carbonyl (C=O) groups excluding carboxylic acids is 2. The molecule has 1 N–H and O–H groups in total. The van der Waals surface area contributed by atoms with Gasteiger partial charge in [-0.1, -0.05) is 42.4 Å². The van der Waals surface area contributed by atoms with Gasteiger partial charge in [-0.15, -0.1) is 0 Å². The van der Waals surface area contributed by atoms with E-state index in [1.165, 1.54) is 4.90 Å². The van der Waals surface area contributed by atoms with E-state index in [1.807, 2.05) is 37.3 Å². The van der Waals surface area contributed by atoms with E-state index in [9.17, 15) is 9.59 Å². The van der Waals surface area contributed by atoms with Crippen molar-refractivity contribution in [1.29, 1.82) is 0 Å². The van der Waals surface area contributed by atoms with Gasteiger partial charge in [0, 0.05) is 5.56 Å². The SMILES string of the molecule is CCC1(c2ccccc2)NC(=O)N(Cc2c(C)noc2C)C1=O. The normalized spacial score (nSPS) is 20.9. The Kier molecular flexibility index (Phi) is 3.67. The number of hydrogen-bond donors (Lipinski definition) is 1. The lowest BCUT2D eigenvalue weighted by atomic mass is 9.87. The van der Waals surface area contributed by atoms with E-state index < -0.39 is 5.54 Å². The summed E-state index contributed by atoms with van der Waals surface area (Å²) in [7, 11) is 0. The van der Waals surface area contributed by atoms with Gasteiger partial charge in [-0.2, -0.15) is 0 Å². The molecule has 3 rings (SSSR count). The third-order valence-corrected chi connectivity index (χ3v) is 4.47. The average molecular weight is 313 g/mol. The van der Waals surface area contributed by atoms with Crippen LogP contribution in [-0.2, 0) is 16.9 Å². The van der Waals surface area contributed by atoms with Crippen molar-refractivity contribution < 1.29 is 14.1 Å². The van der Waals surface area contributed by atoms with Crippen LogP contribution in [0.3, 0.4) is 0 Å². The minimum atomic E-state index is -1.00. The second-order valence-corrected chi connectivity index (χ2v) is 5.75. The second-order valence-electron chi connectivity index (χ2n) is 5.75. The van der Waals surface area contributed by atoms with Crippen molar-refractivity contribution in [3.63, 3.8) is 0 Å². The van der Waals surface area contributed by atoms with Crippen LogP contribution >= 0.6 is 0 Å². The molecule has 1 aromatic carbocycles. The average Bonchev–Trinajstić information content (AvgIpc) is 3.01. The number of carbonyl (C=O) groups is 2. The van der Waals surface area contributed by atoms with E-state index in [-0.39, 0.29) is 18.5 Å². The minimum absolute atomic E-state index is 0.167. The van der Waals surface area contributed by atoms with Crippen LogP contribution in [-0.4, -0.2) is 22.0 Å². The quantitative estimate of drug-likeness (QED) is 0.881. The molecule has 0 bridgehead atoms. The van der Waals surface area contributed by atoms with Crippen LogP contribution in [0.25, 0.3) is 0 Å². The molecule has 120 valence electrons. The fourth-order valence-corrected chi connectivity index (χ4v) is 3.02. The molecular formula is C17H19N3O3. The van der Waals surface area contributed by atoms with Crippen LogP contribution < -0.4 is 5.32 Å². The highest BCUT2D eigenvalue weighted by atomic mass is 16.5. The van der Waals surface area contributed by atoms with Crippen LogP contribution in [0.4, 0.5) is 4.79 Å². The van der Waals surface area contributed by atoms with Gasteiger partial charge in [0.1, 0.15) is 11.3 Å². The molecule has 1 aliphatic heterocycles. The number of imide groups is 1. The van der Waals surface area contributed by atoms with E-state index in [2.05, 4.69) is 10.5 Å². The molecule has 1 fully saturated rings. The Morgan fingerprint density at radius 3 is 2.48 bits per heavy atom. The number of nitrogens with one attached hydrogen (secondary N) is 1. The van der Waals surface area contributed by atoms with Crippen molar-refractivity contribution in [2.75, 3.05) is 0 Å². The Morgan fingerprint density at radius 2 is 1.91 bits per heavy atom. The number of hydrogen-bond acceptors (Lipinski definition) is 4. The largest absolute Gasteiger partial charge is 0.361 e. The maximum Gasteiger partial charge on any atom is 0.325 e. The number of nitrogens with zero attached hydrogens (tertiary/aromatic N) is 2. The molecule has 1 saturated heterocycles. The van der Waals surface area contributed by atoms with Crippen molar-refractivity contribution in [3.05, 3.63) is 52.9 Å². The minimum Gasteiger partial charge on any atom is -0.361 e. The van der Waals surface area contributed by atoms with Crippen molar-refractivity contribution in [2.45, 2.75) is 39.3 Å². The topological polar surface area (TPSA) is 75.4 Å². The summed E-state index contributed by atoms with van der Waals surface area (Å²) >= 11 is 0. The molecule has 6 nitrogen and oxygen atoms in total. The second kappa shape index (κ2) is 5.53. The molecule has 1 unspecified atom stereocenters. The molecule has 3 amide bonds. The summed E-state index contributed by atoms with van der Waals surface area (Å²) < 4.78 is 5.12. The molecule has 0 saturated carbocycles. The molecule has 6 heteroatoms. The van der Waals surface area contributed by atoms with E-state index in [4.69, 9.17) is 4.52 Å². The summed E-state index contributed by atoms with van der Waals surface area (Å²) in [6.07, 6.45) is 0.486. The maximum absolute atomic E-state index is 13.0. The summed E-state index contributed by atoms with van der Waals surface area (Å²) in [5.74, 6) is 0.382. The van der Waals surface area contributed by atoms with Crippen molar-refractivity contribution in [2.24, 2.45) is 0 Å². The molecule has 1 aliphatic rings. The molecule has 0 spiro atoms. The third kappa shape index (κ3) is 2.30. The van der Waals surface area contributed by atoms with Crippen LogP contribution in [0.1, 0.15) is 35.9 Å². The molecule has 2 heterocycles. The van der Waals surface area contributed by atoms with Crippen LogP contribution in [0.5, 0.6) is 0 Å². The lowest BCUT2D eigenvalue weighted by molar-refractivity contribution is -0.132. The van der Waals surface area contributed by atoms with Gasteiger partial charge in [0.2, 0.25) is 0 Å². The number of benzene rings is 1. The standard InChI is InChI=1S/C17H19N3O3/c1-4-17(13-8-6-5-7-9-13)15(21)20(16(22)18-17)10-14-11(2)19-23-12(14)3/h5-9H,4,10H2,1-3H3,(H,18,22). The van der Waals surface area contributed by atoms with Gasteiger partial charge in [0.05, 0.1) is 12.2 Å². The molecule has 1 atom stereocenters. The number of rotatable bonds is 4. The first kappa shape index (κ1) is 15.3. The fraction of sp³-hybridized carbons (Fsp3) is 0.353. The summed E-state index contributed by atoms with van der Waals surface area (Å²) in [5, 5.41) is 6.75. The predicted octanol–water partition coefficient (Wildman–Crippen LogP) is 2.65. The first-order chi connectivity index (χ1) is 11.0. The highest BCUT2D eigenvalue weighted by Crippen LogP contribution is 2.33. The molecule has 0 aliphatic carbocycles. The molecular weight excluding hydrogens is 294 g/mol. The Hall–Kier alpha value is -2.63. The monoisotopic (exact) mass is 313 g/mol. The number of aryl methyl sites for hydroxylation is 2. The molecule has 0 radical (unpaired) electrons. The zero-order valence-electron chi connectivity index (χ0n) is 13.4. The van der Waals surface area contributed by atoms with Crippen LogP contribution in [0.15, 0.2) is 34.9 Å². The van der Waals surface area contributed by atoms with Gasteiger partial charge in [-0.05, 0) is 25.8 Å². The van der Waals surface area contributed by atoms with Crippen LogP contribution in [0.2, 0.25) is 0 Å². The summed E-state index contributed by atoms with van der Waals surface area (Å²) in [6.45, 7) is 5.64. The Labute approximate surface area is 134 Å². The third-order valence-electron chi connectivity index (χ3n) is 4.47. The highest BCUT2D eigenvalue weighted by Gasteiger charge is 2.51. The molecule has 1 aromatic heterocycles. The first-order valence-electron chi connectivity index (χ1n) is 7.61. The summed E-state index contributed by atoms with van der Waals surface area (Å²) in [6, 6.07) is 8.95. The lowest BCUT2D eigenvalue weighted by Gasteiger charge is -2.25. The number of urea groups is 1. The predicted molar refractivity (Wildman–Crippen MR) is 83.5 cm³/mol. The van der Waals surface area contributed by atoms with E-state index in [1.54, 1.807) is 13.8 Å². The zero-order chi connectivity index (χ0) is 16.6. The smallest absolute Gasteiger partial charge is 0.325 e. The van der Waals surface area contributed by atoms with E-state index in [0.29, 0.717) is 17.9 Å². The lowest BCUT2D eigenvalue weighted by Crippen LogP contribution is -2.43. The van der Waals surface area contributed by atoms with Crippen molar-refractivity contribution >= 4 is 11.9 Å². The van der Waals surface area contributed by atoms with Gasteiger partial charge in [0.15, 0.2) is 0 Å². The van der Waals surface area contributed by atoms with Gasteiger partial charge in [-0.3, -0.25) is 9.69 Å². The number of aromatic nitrogens is 1. The highest BCUT2D eigenvalue weighted by molar-refractivity contribution is 6.07. The van der Waals surface area contributed by atoms with E-state index >= 15 is 0 Å². The summed E-state index contributed by atoms with van der Waals surface area (Å²) in [5.41, 5.74) is 1.25. The van der Waals surface area contributed by atoms with Crippen molar-refractivity contribution in [3.8, 4) is 0 Å². The Morgan fingerprint density at radius 1 is 1.22 bits per heavy atom. The first-order valence-corrected chi connectivity index (χ1v) is 7.61. The number of amides is 3. The Balaban J connectivity index is 1.96. The molecule has 2 aromatic rings. The Bertz CT molecular complexity index is 734. The van der Waals surface area contributed by atoms with Gasteiger partial charge in [-0.25, -0.2) is 4.79 Å². The van der Waals surface area contributed by atoms with E-state index in [0.717, 1.165) is 11.1 Å².